The Morgan fingerprint density at radius 2 is 1.36 bits per heavy atom. The zero-order valence-electron chi connectivity index (χ0n) is 9.62. The van der Waals surface area contributed by atoms with Gasteiger partial charge >= 0.3 is 0 Å². The number of hydrogen-bond donors (Lipinski definition) is 0. The van der Waals surface area contributed by atoms with Crippen molar-refractivity contribution in [3.63, 3.8) is 0 Å². The molecular weight excluding hydrogens is 231 g/mol. The third-order valence-electron chi connectivity index (χ3n) is 1.96. The van der Waals surface area contributed by atoms with Crippen molar-refractivity contribution in [2.75, 3.05) is 17.7 Å². The van der Waals surface area contributed by atoms with Gasteiger partial charge in [-0.15, -0.1) is 0 Å². The van der Waals surface area contributed by atoms with Crippen molar-refractivity contribution in [2.24, 2.45) is 0 Å². The minimum absolute atomic E-state index is 0.843. The van der Waals surface area contributed by atoms with E-state index in [9.17, 15) is 4.57 Å². The molecule has 1 nitrogen and oxygen atoms in total. The van der Waals surface area contributed by atoms with Crippen molar-refractivity contribution in [3.8, 4) is 0 Å². The fourth-order valence-electron chi connectivity index (χ4n) is 0.916. The van der Waals surface area contributed by atoms with Crippen LogP contribution in [0.25, 0.3) is 0 Å². The first-order valence-electron chi connectivity index (χ1n) is 5.56. The Morgan fingerprint density at radius 3 is 1.64 bits per heavy atom. The van der Waals surface area contributed by atoms with Gasteiger partial charge in [0.05, 0.1) is 0 Å². The molecule has 0 aliphatic rings. The van der Waals surface area contributed by atoms with Crippen molar-refractivity contribution < 1.29 is 4.57 Å². The summed E-state index contributed by atoms with van der Waals surface area (Å²) >= 11 is 3.43. The molecule has 0 aromatic heterocycles. The van der Waals surface area contributed by atoms with Crippen LogP contribution in [0.4, 0.5) is 0 Å². The van der Waals surface area contributed by atoms with Crippen LogP contribution in [0.5, 0.6) is 0 Å². The largest absolute Gasteiger partial charge is 0.300 e. The van der Waals surface area contributed by atoms with Gasteiger partial charge in [0.1, 0.15) is 0 Å². The van der Waals surface area contributed by atoms with E-state index in [1.54, 1.807) is 22.8 Å². The second-order valence-electron chi connectivity index (χ2n) is 3.30. The fourth-order valence-corrected chi connectivity index (χ4v) is 8.52. The van der Waals surface area contributed by atoms with Crippen LogP contribution >= 0.6 is 28.3 Å². The number of hydrogen-bond acceptors (Lipinski definition) is 3. The van der Waals surface area contributed by atoms with Crippen molar-refractivity contribution in [1.82, 2.24) is 0 Å². The maximum atomic E-state index is 12.3. The van der Waals surface area contributed by atoms with Crippen LogP contribution in [0.1, 0.15) is 46.5 Å². The molecule has 0 N–H and O–H groups in total. The molecule has 0 unspecified atom stereocenters. The highest BCUT2D eigenvalue weighted by Crippen LogP contribution is 2.68. The van der Waals surface area contributed by atoms with Gasteiger partial charge in [0.15, 0.2) is 5.55 Å². The lowest BCUT2D eigenvalue weighted by atomic mass is 10.4. The summed E-state index contributed by atoms with van der Waals surface area (Å²) in [7, 11) is 0. The maximum absolute atomic E-state index is 12.3. The Kier molecular flexibility index (Phi) is 9.79. The third-order valence-corrected chi connectivity index (χ3v) is 11.4. The highest BCUT2D eigenvalue weighted by Gasteiger charge is 2.19. The van der Waals surface area contributed by atoms with Gasteiger partial charge in [0.25, 0.3) is 0 Å². The molecule has 14 heavy (non-hydrogen) atoms. The molecule has 0 bridgehead atoms. The molecule has 0 spiro atoms. The lowest BCUT2D eigenvalue weighted by molar-refractivity contribution is 0.594. The third kappa shape index (κ3) is 7.25. The quantitative estimate of drug-likeness (QED) is 0.412. The van der Waals surface area contributed by atoms with Gasteiger partial charge in [-0.3, -0.25) is 0 Å². The van der Waals surface area contributed by atoms with Gasteiger partial charge in [-0.05, 0) is 12.8 Å². The van der Waals surface area contributed by atoms with E-state index in [0.717, 1.165) is 17.7 Å². The molecule has 0 aliphatic carbocycles. The zero-order valence-corrected chi connectivity index (χ0v) is 12.1. The van der Waals surface area contributed by atoms with Crippen LogP contribution in [-0.4, -0.2) is 17.7 Å². The second-order valence-corrected chi connectivity index (χ2v) is 12.3. The predicted octanol–water partition coefficient (Wildman–Crippen LogP) is 5.27. The molecule has 0 aromatic carbocycles. The van der Waals surface area contributed by atoms with Gasteiger partial charge < -0.3 is 4.57 Å². The average Bonchev–Trinajstić information content (AvgIpc) is 2.19. The van der Waals surface area contributed by atoms with Gasteiger partial charge in [-0.25, -0.2) is 0 Å². The molecule has 0 amide bonds. The predicted molar refractivity (Wildman–Crippen MR) is 72.9 cm³/mol. The van der Waals surface area contributed by atoms with Crippen LogP contribution in [0, 0.1) is 0 Å². The summed E-state index contributed by atoms with van der Waals surface area (Å²) in [6, 6.07) is 0. The van der Waals surface area contributed by atoms with Crippen molar-refractivity contribution in [3.05, 3.63) is 0 Å². The van der Waals surface area contributed by atoms with E-state index in [-0.39, 0.29) is 0 Å². The SMILES string of the molecule is CCCCSP(=O)(CC)SCCCC. The lowest BCUT2D eigenvalue weighted by Crippen LogP contribution is -1.83. The molecule has 0 aromatic rings. The van der Waals surface area contributed by atoms with Crippen molar-refractivity contribution in [2.45, 2.75) is 46.5 Å². The van der Waals surface area contributed by atoms with E-state index in [1.807, 2.05) is 0 Å². The topological polar surface area (TPSA) is 17.1 Å². The number of unbranched alkanes of at least 4 members (excludes halogenated alkanes) is 2. The molecule has 4 heteroatoms. The first kappa shape index (κ1) is 14.9. The molecule has 0 rings (SSSR count). The standard InChI is InChI=1S/C10H23OPS2/c1-4-7-9-13-12(11,6-3)14-10-8-5-2/h4-10H2,1-3H3. The van der Waals surface area contributed by atoms with Crippen molar-refractivity contribution >= 4 is 28.3 Å². The van der Waals surface area contributed by atoms with Crippen LogP contribution in [0.3, 0.4) is 0 Å². The summed E-state index contributed by atoms with van der Waals surface area (Å²) in [5.41, 5.74) is -1.93. The smallest absolute Gasteiger partial charge is 0.190 e. The molecule has 0 atom stereocenters. The summed E-state index contributed by atoms with van der Waals surface area (Å²) in [6.45, 7) is 6.42. The molecule has 0 saturated heterocycles. The Balaban J connectivity index is 3.74. The summed E-state index contributed by atoms with van der Waals surface area (Å²) < 4.78 is 12.3. The Morgan fingerprint density at radius 1 is 0.929 bits per heavy atom. The van der Waals surface area contributed by atoms with E-state index in [0.29, 0.717) is 0 Å². The summed E-state index contributed by atoms with van der Waals surface area (Å²) in [5, 5.41) is 0. The van der Waals surface area contributed by atoms with Crippen LogP contribution in [0.2, 0.25) is 0 Å². The van der Waals surface area contributed by atoms with Gasteiger partial charge in [-0.1, -0.05) is 56.4 Å². The maximum Gasteiger partial charge on any atom is 0.190 e. The Bertz CT molecular complexity index is 160. The minimum Gasteiger partial charge on any atom is -0.300 e. The first-order valence-corrected chi connectivity index (χ1v) is 10.6. The molecular formula is C10H23OPS2. The van der Waals surface area contributed by atoms with Crippen LogP contribution in [0.15, 0.2) is 0 Å². The Hall–Kier alpha value is 0.930. The Labute approximate surface area is 97.1 Å². The molecule has 0 heterocycles. The zero-order chi connectivity index (χ0) is 10.9. The lowest BCUT2D eigenvalue weighted by Gasteiger charge is -2.14. The molecule has 0 fully saturated rings. The molecule has 86 valence electrons. The molecule has 0 saturated carbocycles. The van der Waals surface area contributed by atoms with Crippen LogP contribution < -0.4 is 0 Å². The molecule has 0 radical (unpaired) electrons. The van der Waals surface area contributed by atoms with E-state index in [4.69, 9.17) is 0 Å². The minimum atomic E-state index is -1.93. The van der Waals surface area contributed by atoms with E-state index >= 15 is 0 Å². The van der Waals surface area contributed by atoms with Gasteiger partial charge in [-0.2, -0.15) is 0 Å². The molecule has 0 aliphatic heterocycles. The second kappa shape index (κ2) is 9.18. The van der Waals surface area contributed by atoms with Gasteiger partial charge in [0, 0.05) is 17.7 Å². The van der Waals surface area contributed by atoms with E-state index < -0.39 is 5.55 Å². The highest BCUT2D eigenvalue weighted by molar-refractivity contribution is 8.90. The highest BCUT2D eigenvalue weighted by atomic mass is 33.1. The summed E-state index contributed by atoms with van der Waals surface area (Å²) in [6.07, 6.45) is 5.65. The number of rotatable bonds is 9. The van der Waals surface area contributed by atoms with Gasteiger partial charge in [0.2, 0.25) is 0 Å². The summed E-state index contributed by atoms with van der Waals surface area (Å²) in [5.74, 6) is 2.14. The first-order chi connectivity index (χ1) is 6.68. The summed E-state index contributed by atoms with van der Waals surface area (Å²) in [4.78, 5) is 0. The van der Waals surface area contributed by atoms with E-state index in [1.165, 1.54) is 25.7 Å². The van der Waals surface area contributed by atoms with E-state index in [2.05, 4.69) is 20.8 Å². The normalized spacial score (nSPS) is 11.9. The average molecular weight is 254 g/mol. The van der Waals surface area contributed by atoms with Crippen LogP contribution in [-0.2, 0) is 4.57 Å². The monoisotopic (exact) mass is 254 g/mol. The fraction of sp³-hybridized carbons (Fsp3) is 1.00. The van der Waals surface area contributed by atoms with Crippen molar-refractivity contribution in [1.29, 1.82) is 0 Å².